The van der Waals surface area contributed by atoms with Crippen LogP contribution in [0.1, 0.15) is 59.7 Å². The lowest BCUT2D eigenvalue weighted by atomic mass is 9.90. The number of piperidine rings is 1. The van der Waals surface area contributed by atoms with Crippen molar-refractivity contribution >= 4 is 22.9 Å². The number of hydrogen-bond donors (Lipinski definition) is 0. The van der Waals surface area contributed by atoms with Crippen LogP contribution in [0.15, 0.2) is 36.4 Å². The highest BCUT2D eigenvalue weighted by molar-refractivity contribution is 7.85. The van der Waals surface area contributed by atoms with Crippen molar-refractivity contribution in [2.24, 2.45) is 0 Å². The molecule has 15 heteroatoms. The summed E-state index contributed by atoms with van der Waals surface area (Å²) in [4.78, 5) is 30.6. The first-order chi connectivity index (χ1) is 20.5. The van der Waals surface area contributed by atoms with Crippen molar-refractivity contribution in [3.63, 3.8) is 0 Å². The second-order valence-corrected chi connectivity index (χ2v) is 12.7. The van der Waals surface area contributed by atoms with Gasteiger partial charge in [0.15, 0.2) is 0 Å². The predicted octanol–water partition coefficient (Wildman–Crippen LogP) is 6.69. The van der Waals surface area contributed by atoms with Gasteiger partial charge in [0.05, 0.1) is 23.2 Å². The summed E-state index contributed by atoms with van der Waals surface area (Å²) in [6, 6.07) is 2.57. The van der Waals surface area contributed by atoms with Gasteiger partial charge in [-0.1, -0.05) is 6.07 Å². The van der Waals surface area contributed by atoms with Crippen LogP contribution in [0.25, 0.3) is 0 Å². The largest absolute Gasteiger partial charge is 0.446 e. The molecule has 2 aromatic rings. The highest BCUT2D eigenvalue weighted by Gasteiger charge is 2.40. The number of nitrogens with zero attached hydrogens (tertiary/aromatic N) is 3. The van der Waals surface area contributed by atoms with Gasteiger partial charge in [0, 0.05) is 61.8 Å². The van der Waals surface area contributed by atoms with Gasteiger partial charge in [-0.2, -0.15) is 26.3 Å². The number of carbonyl (C=O) groups excluding carboxylic acids is 2. The molecule has 0 bridgehead atoms. The van der Waals surface area contributed by atoms with E-state index in [1.54, 1.807) is 6.92 Å². The number of alkyl halides is 6. The third-order valence-electron chi connectivity index (χ3n) is 8.07. The minimum atomic E-state index is -5.05. The first kappa shape index (κ1) is 33.5. The van der Waals surface area contributed by atoms with E-state index in [2.05, 4.69) is 0 Å². The lowest BCUT2D eigenvalue weighted by molar-refractivity contribution is -0.143. The summed E-state index contributed by atoms with van der Waals surface area (Å²) >= 11 is 0. The van der Waals surface area contributed by atoms with Crippen molar-refractivity contribution in [1.82, 2.24) is 14.7 Å². The van der Waals surface area contributed by atoms with E-state index in [0.29, 0.717) is 34.8 Å². The summed E-state index contributed by atoms with van der Waals surface area (Å²) in [6.07, 6.45) is -11.0. The van der Waals surface area contributed by atoms with E-state index in [9.17, 15) is 44.5 Å². The van der Waals surface area contributed by atoms with E-state index in [1.165, 1.54) is 42.0 Å². The Bertz CT molecular complexity index is 1380. The SMILES string of the molecule is Cc1cc(F)ccc1[C@H]1C[C@@H](OC(=O)N2CCS(=O)CC2)CCN1C(=O)N(C)C(C)c1cc(C(F)(F)F)cc(C(F)(F)F)c1. The van der Waals surface area contributed by atoms with Gasteiger partial charge in [0.1, 0.15) is 11.9 Å². The van der Waals surface area contributed by atoms with Gasteiger partial charge in [0.2, 0.25) is 0 Å². The number of rotatable bonds is 4. The van der Waals surface area contributed by atoms with Crippen LogP contribution in [0.3, 0.4) is 0 Å². The molecule has 0 radical (unpaired) electrons. The Morgan fingerprint density at radius 2 is 1.57 bits per heavy atom. The molecule has 0 spiro atoms. The van der Waals surface area contributed by atoms with Crippen LogP contribution in [0.5, 0.6) is 0 Å². The molecule has 2 aliphatic rings. The van der Waals surface area contributed by atoms with E-state index in [0.717, 1.165) is 4.90 Å². The molecule has 0 aliphatic carbocycles. The maximum Gasteiger partial charge on any atom is 0.416 e. The average molecular weight is 652 g/mol. The van der Waals surface area contributed by atoms with Crippen molar-refractivity contribution in [3.8, 4) is 0 Å². The zero-order valence-corrected chi connectivity index (χ0v) is 25.0. The Morgan fingerprint density at radius 1 is 0.977 bits per heavy atom. The summed E-state index contributed by atoms with van der Waals surface area (Å²) in [5.41, 5.74) is -2.28. The normalized spacial score (nSPS) is 20.8. The molecule has 2 heterocycles. The standard InChI is InChI=1S/C29H32F7N3O4S/c1-17-12-22(30)4-5-24(17)25-16-23(43-27(41)38-8-10-44(42)11-9-38)6-7-39(25)26(40)37(3)18(2)19-13-20(28(31,32)33)15-21(14-19)29(34,35)36/h4-5,12-15,18,23,25H,6-11,16H2,1-3H3/t18?,23-,25+/m0/s1. The molecule has 3 amide bonds. The van der Waals surface area contributed by atoms with Crippen molar-refractivity contribution in [1.29, 1.82) is 0 Å². The Morgan fingerprint density at radius 3 is 2.11 bits per heavy atom. The topological polar surface area (TPSA) is 70.2 Å². The van der Waals surface area contributed by atoms with Crippen LogP contribution in [-0.4, -0.2) is 75.3 Å². The second kappa shape index (κ2) is 12.9. The van der Waals surface area contributed by atoms with Crippen LogP contribution in [0.4, 0.5) is 40.3 Å². The van der Waals surface area contributed by atoms with Gasteiger partial charge in [-0.25, -0.2) is 14.0 Å². The number of amides is 3. The fourth-order valence-electron chi connectivity index (χ4n) is 5.43. The predicted molar refractivity (Wildman–Crippen MR) is 148 cm³/mol. The Hall–Kier alpha value is -3.36. The highest BCUT2D eigenvalue weighted by atomic mass is 32.2. The average Bonchev–Trinajstić information content (AvgIpc) is 2.95. The molecular formula is C29H32F7N3O4S. The van der Waals surface area contributed by atoms with Crippen molar-refractivity contribution in [2.75, 3.05) is 38.2 Å². The zero-order valence-electron chi connectivity index (χ0n) is 24.2. The smallest absolute Gasteiger partial charge is 0.416 e. The van der Waals surface area contributed by atoms with E-state index >= 15 is 0 Å². The van der Waals surface area contributed by atoms with Gasteiger partial charge >= 0.3 is 24.5 Å². The molecule has 2 saturated heterocycles. The maximum atomic E-state index is 14.0. The molecule has 2 fully saturated rings. The quantitative estimate of drug-likeness (QED) is 0.346. The molecule has 44 heavy (non-hydrogen) atoms. The third-order valence-corrected chi connectivity index (χ3v) is 9.35. The number of ether oxygens (including phenoxy) is 1. The number of aryl methyl sites for hydroxylation is 1. The number of carbonyl (C=O) groups is 2. The van der Waals surface area contributed by atoms with Crippen LogP contribution >= 0.6 is 0 Å². The number of benzene rings is 2. The van der Waals surface area contributed by atoms with Crippen LogP contribution in [0, 0.1) is 12.7 Å². The fraction of sp³-hybridized carbons (Fsp3) is 0.517. The first-order valence-electron chi connectivity index (χ1n) is 13.8. The number of likely N-dealkylation sites (tertiary alicyclic amines) is 1. The molecule has 1 unspecified atom stereocenters. The molecule has 7 nitrogen and oxygen atoms in total. The van der Waals surface area contributed by atoms with Crippen molar-refractivity contribution in [2.45, 2.75) is 57.2 Å². The van der Waals surface area contributed by atoms with Gasteiger partial charge in [-0.15, -0.1) is 0 Å². The molecule has 0 saturated carbocycles. The summed E-state index contributed by atoms with van der Waals surface area (Å²) in [5, 5.41) is 0. The third kappa shape index (κ3) is 7.64. The van der Waals surface area contributed by atoms with E-state index < -0.39 is 70.4 Å². The van der Waals surface area contributed by atoms with Gasteiger partial charge in [0.25, 0.3) is 0 Å². The number of urea groups is 1. The van der Waals surface area contributed by atoms with E-state index in [1.807, 2.05) is 0 Å². The highest BCUT2D eigenvalue weighted by Crippen LogP contribution is 2.40. The van der Waals surface area contributed by atoms with Crippen LogP contribution < -0.4 is 0 Å². The number of hydrogen-bond acceptors (Lipinski definition) is 4. The molecule has 0 aromatic heterocycles. The van der Waals surface area contributed by atoms with Gasteiger partial charge in [-0.05, 0) is 60.9 Å². The Kier molecular flexibility index (Phi) is 9.86. The maximum absolute atomic E-state index is 14.0. The second-order valence-electron chi connectivity index (χ2n) is 11.0. The summed E-state index contributed by atoms with van der Waals surface area (Å²) in [6.45, 7) is 3.55. The molecule has 242 valence electrons. The van der Waals surface area contributed by atoms with Crippen molar-refractivity contribution in [3.05, 3.63) is 70.0 Å². The zero-order chi connectivity index (χ0) is 32.6. The van der Waals surface area contributed by atoms with Crippen LogP contribution in [-0.2, 0) is 27.9 Å². The fourth-order valence-corrected chi connectivity index (χ4v) is 6.48. The van der Waals surface area contributed by atoms with E-state index in [4.69, 9.17) is 4.74 Å². The summed E-state index contributed by atoms with van der Waals surface area (Å²) in [5.74, 6) is 0.154. The first-order valence-corrected chi connectivity index (χ1v) is 15.3. The summed E-state index contributed by atoms with van der Waals surface area (Å²) < 4.78 is 112. The minimum absolute atomic E-state index is 0.0285. The van der Waals surface area contributed by atoms with Gasteiger partial charge < -0.3 is 19.4 Å². The Balaban J connectivity index is 1.60. The summed E-state index contributed by atoms with van der Waals surface area (Å²) in [7, 11) is 0.275. The number of halogens is 7. The minimum Gasteiger partial charge on any atom is -0.446 e. The molecule has 4 rings (SSSR count). The molecule has 3 atom stereocenters. The lowest BCUT2D eigenvalue weighted by Crippen LogP contribution is -2.50. The monoisotopic (exact) mass is 651 g/mol. The Labute approximate surface area is 252 Å². The lowest BCUT2D eigenvalue weighted by Gasteiger charge is -2.43. The molecule has 2 aromatic carbocycles. The van der Waals surface area contributed by atoms with Crippen molar-refractivity contribution < 1.29 is 49.3 Å². The van der Waals surface area contributed by atoms with Crippen LogP contribution in [0.2, 0.25) is 0 Å². The van der Waals surface area contributed by atoms with E-state index in [-0.39, 0.29) is 44.1 Å². The van der Waals surface area contributed by atoms with Gasteiger partial charge in [-0.3, -0.25) is 4.21 Å². The molecule has 0 N–H and O–H groups in total. The molecular weight excluding hydrogens is 619 g/mol. The molecule has 2 aliphatic heterocycles.